The van der Waals surface area contributed by atoms with Gasteiger partial charge in [-0.1, -0.05) is 169 Å². The third-order valence-electron chi connectivity index (χ3n) is 8.25. The summed E-state index contributed by atoms with van der Waals surface area (Å²) in [6, 6.07) is -13.9. The molecule has 10 rings (SSSR count). The zero-order chi connectivity index (χ0) is 54.1. The minimum atomic E-state index is -0.982. The number of furan rings is 1. The topological polar surface area (TPSA) is 13.1 Å². The van der Waals surface area contributed by atoms with Crippen LogP contribution in [0.25, 0.3) is 98.8 Å². The van der Waals surface area contributed by atoms with E-state index in [9.17, 15) is 16.4 Å². The van der Waals surface area contributed by atoms with Gasteiger partial charge in [0.1, 0.15) is 11.3 Å². The van der Waals surface area contributed by atoms with Crippen LogP contribution in [0.5, 0.6) is 0 Å². The van der Waals surface area contributed by atoms with E-state index in [0.717, 1.165) is 0 Å². The van der Waals surface area contributed by atoms with Crippen LogP contribution in [0.4, 0.5) is 0 Å². The maximum absolute atomic E-state index is 10.0. The van der Waals surface area contributed by atoms with Crippen molar-refractivity contribution < 1.29 is 38.7 Å². The predicted octanol–water partition coefficient (Wildman–Crippen LogP) is 13.7. The van der Waals surface area contributed by atoms with Crippen LogP contribution in [0.15, 0.2) is 186 Å². The Balaban J connectivity index is 1.62. The van der Waals surface area contributed by atoms with E-state index < -0.39 is 228 Å². The molecule has 0 aliphatic carbocycles. The van der Waals surface area contributed by atoms with Crippen molar-refractivity contribution in [2.24, 2.45) is 0 Å². The molecule has 1 heterocycles. The molecule has 10 aromatic rings. The first-order valence-electron chi connectivity index (χ1n) is 27.3. The lowest BCUT2D eigenvalue weighted by atomic mass is 9.84. The van der Waals surface area contributed by atoms with Crippen LogP contribution in [-0.2, 0) is 0 Å². The molecule has 0 amide bonds. The summed E-state index contributed by atoms with van der Waals surface area (Å²) in [5.41, 5.74) is -4.25. The van der Waals surface area contributed by atoms with Crippen LogP contribution >= 0.6 is 0 Å². The molecule has 0 aliphatic rings. The molecule has 0 radical (unpaired) electrons. The fraction of sp³-hybridized carbons (Fsp3) is 0. The highest BCUT2D eigenvalue weighted by Gasteiger charge is 2.25. The molecule has 0 saturated carbocycles. The van der Waals surface area contributed by atoms with Gasteiger partial charge in [-0.2, -0.15) is 0 Å². The fourth-order valence-electron chi connectivity index (χ4n) is 6.20. The second-order valence-corrected chi connectivity index (χ2v) is 10.9. The summed E-state index contributed by atoms with van der Waals surface area (Å²) in [4.78, 5) is 0. The standard InChI is InChI=1S/C48H30O/c1-3-14-31(15-4-1)34-27-29-44-43(30-34)47(48(49-44)42-25-13-24-36-35-19-8-7-16-32(35)26-28-37(36)42)46-40-22-11-9-20-38(40)45(33-17-5-2-6-18-33)39-21-10-12-23-41(39)46/h1-30H/i1D,3D,4D,7D,8D,9D,10D,11D,12D,13D,14D,15D,16D,19D,20D,21D,22D,23D,24D,25D,26D,27D,28D,29D,30D. The molecule has 0 fully saturated rings. The molecule has 0 spiro atoms. The second kappa shape index (κ2) is 11.1. The SMILES string of the molecule is [2H]c1c([2H])c([2H])c(-c2c([2H])c([2H])c3oc(-c4c([2H])c([2H])c([2H])c5c4c([2H])c([2H])c4c([2H])c([2H])c([2H])c([2H])c45)c(-c4c5c([2H])c([2H])c([2H])c([2H])c5c(-c5ccccc5)c5c([2H])c([2H])c([2H])c([2H])c45)c3c2[2H])c([2H])c1[2H]. The second-order valence-electron chi connectivity index (χ2n) is 10.9. The molecular formula is C48H30O. The lowest BCUT2D eigenvalue weighted by molar-refractivity contribution is 0.633. The van der Waals surface area contributed by atoms with E-state index in [2.05, 4.69) is 0 Å². The Labute approximate surface area is 319 Å². The van der Waals surface area contributed by atoms with Gasteiger partial charge in [-0.15, -0.1) is 0 Å². The van der Waals surface area contributed by atoms with Gasteiger partial charge in [0.15, 0.2) is 0 Å². The molecule has 0 aliphatic heterocycles. The van der Waals surface area contributed by atoms with E-state index in [-0.39, 0.29) is 21.9 Å². The summed E-state index contributed by atoms with van der Waals surface area (Å²) in [7, 11) is 0. The van der Waals surface area contributed by atoms with E-state index >= 15 is 0 Å². The van der Waals surface area contributed by atoms with Gasteiger partial charge in [-0.3, -0.25) is 0 Å². The number of rotatable bonds is 4. The Hall–Kier alpha value is -6.44. The highest BCUT2D eigenvalue weighted by atomic mass is 16.3. The first-order valence-corrected chi connectivity index (χ1v) is 14.8. The van der Waals surface area contributed by atoms with Gasteiger partial charge in [0, 0.05) is 22.1 Å². The van der Waals surface area contributed by atoms with Crippen LogP contribution in [0.3, 0.4) is 0 Å². The minimum Gasteiger partial charge on any atom is -0.455 e. The molecule has 228 valence electrons. The van der Waals surface area contributed by atoms with Gasteiger partial charge in [0.25, 0.3) is 0 Å². The number of hydrogen-bond donors (Lipinski definition) is 0. The fourth-order valence-corrected chi connectivity index (χ4v) is 6.20. The lowest BCUT2D eigenvalue weighted by Crippen LogP contribution is -1.92. The summed E-state index contributed by atoms with van der Waals surface area (Å²) in [5.74, 6) is -0.828. The van der Waals surface area contributed by atoms with Crippen molar-refractivity contribution in [1.82, 2.24) is 0 Å². The average molecular weight is 648 g/mol. The first-order chi connectivity index (χ1) is 34.7. The summed E-state index contributed by atoms with van der Waals surface area (Å²) >= 11 is 0. The molecule has 0 saturated heterocycles. The van der Waals surface area contributed by atoms with Gasteiger partial charge in [0.2, 0.25) is 0 Å². The third kappa shape index (κ3) is 4.33. The van der Waals surface area contributed by atoms with E-state index in [1.807, 2.05) is 0 Å². The van der Waals surface area contributed by atoms with Crippen molar-refractivity contribution in [3.05, 3.63) is 181 Å². The monoisotopic (exact) mass is 647 g/mol. The highest BCUT2D eigenvalue weighted by Crippen LogP contribution is 2.51. The largest absolute Gasteiger partial charge is 0.455 e. The molecule has 0 N–H and O–H groups in total. The Morgan fingerprint density at radius 1 is 0.367 bits per heavy atom. The first kappa shape index (κ1) is 12.5. The van der Waals surface area contributed by atoms with E-state index in [1.54, 1.807) is 18.2 Å². The van der Waals surface area contributed by atoms with E-state index in [4.69, 9.17) is 22.2 Å². The van der Waals surface area contributed by atoms with Crippen LogP contribution in [0.2, 0.25) is 0 Å². The normalized spacial score (nSPS) is 18.8. The maximum Gasteiger partial charge on any atom is 0.143 e. The smallest absolute Gasteiger partial charge is 0.143 e. The number of hydrogen-bond acceptors (Lipinski definition) is 1. The van der Waals surface area contributed by atoms with E-state index in [0.29, 0.717) is 0 Å². The zero-order valence-electron chi connectivity index (χ0n) is 49.8. The van der Waals surface area contributed by atoms with Gasteiger partial charge < -0.3 is 4.42 Å². The third-order valence-corrected chi connectivity index (χ3v) is 8.25. The van der Waals surface area contributed by atoms with Crippen molar-refractivity contribution in [3.63, 3.8) is 0 Å². The van der Waals surface area contributed by atoms with Gasteiger partial charge in [-0.25, -0.2) is 0 Å². The van der Waals surface area contributed by atoms with Crippen molar-refractivity contribution in [3.8, 4) is 44.7 Å². The summed E-state index contributed by atoms with van der Waals surface area (Å²) in [6.07, 6.45) is 0. The number of benzene rings is 9. The van der Waals surface area contributed by atoms with Crippen LogP contribution in [0.1, 0.15) is 34.3 Å². The Morgan fingerprint density at radius 3 is 1.73 bits per heavy atom. The minimum absolute atomic E-state index is 0.125. The molecule has 0 unspecified atom stereocenters. The molecule has 0 bridgehead atoms. The average Bonchev–Trinajstić information content (AvgIpc) is 3.78. The van der Waals surface area contributed by atoms with Crippen LogP contribution in [0, 0.1) is 0 Å². The molecule has 1 heteroatoms. The predicted molar refractivity (Wildman–Crippen MR) is 208 cm³/mol. The van der Waals surface area contributed by atoms with Crippen LogP contribution in [-0.4, -0.2) is 0 Å². The van der Waals surface area contributed by atoms with Crippen LogP contribution < -0.4 is 0 Å². The van der Waals surface area contributed by atoms with Gasteiger partial charge in [-0.05, 0) is 77.4 Å². The highest BCUT2D eigenvalue weighted by molar-refractivity contribution is 6.26. The zero-order valence-corrected chi connectivity index (χ0v) is 24.8. The quantitative estimate of drug-likeness (QED) is 0.137. The van der Waals surface area contributed by atoms with Crippen molar-refractivity contribution in [1.29, 1.82) is 0 Å². The Bertz CT molecular complexity index is 4190. The molecule has 9 aromatic carbocycles. The Morgan fingerprint density at radius 2 is 1.00 bits per heavy atom. The Kier molecular flexibility index (Phi) is 2.84. The van der Waals surface area contributed by atoms with Crippen molar-refractivity contribution in [2.45, 2.75) is 0 Å². The lowest BCUT2D eigenvalue weighted by Gasteiger charge is -2.18. The summed E-state index contributed by atoms with van der Waals surface area (Å²) in [5, 5.41) is -4.75. The van der Waals surface area contributed by atoms with E-state index in [1.165, 1.54) is 12.1 Å². The summed E-state index contributed by atoms with van der Waals surface area (Å²) in [6.45, 7) is 0. The molecule has 0 atom stereocenters. The molecule has 1 aromatic heterocycles. The van der Waals surface area contributed by atoms with Gasteiger partial charge in [0.05, 0.1) is 34.3 Å². The summed E-state index contributed by atoms with van der Waals surface area (Å²) < 4.78 is 234. The molecular weight excluding hydrogens is 593 g/mol. The van der Waals surface area contributed by atoms with Crippen molar-refractivity contribution >= 4 is 54.1 Å². The van der Waals surface area contributed by atoms with Gasteiger partial charge >= 0.3 is 0 Å². The van der Waals surface area contributed by atoms with Crippen molar-refractivity contribution in [2.75, 3.05) is 0 Å². The molecule has 1 nitrogen and oxygen atoms in total. The number of fused-ring (bicyclic) bond motifs is 6. The maximum atomic E-state index is 10.0. The molecule has 49 heavy (non-hydrogen) atoms.